The molecule has 0 aromatic heterocycles. The van der Waals surface area contributed by atoms with E-state index in [1.54, 1.807) is 0 Å². The maximum Gasteiger partial charge on any atom is 0.389 e. The smallest absolute Gasteiger partial charge is 0.389 e. The molecule has 2 aromatic rings. The first-order chi connectivity index (χ1) is 16.1. The maximum atomic E-state index is 12.8. The molecule has 0 atom stereocenters. The molecule has 190 valence electrons. The number of sulfone groups is 1. The van der Waals surface area contributed by atoms with Gasteiger partial charge in [0, 0.05) is 17.9 Å². The number of sulfonamides is 1. The number of hydrogen-bond acceptors (Lipinski definition) is 6. The van der Waals surface area contributed by atoms with E-state index in [4.69, 9.17) is 9.88 Å². The topological polar surface area (TPSA) is 121 Å². The third-order valence-corrected chi connectivity index (χ3v) is 7.24. The number of Topliss-reactive ketones (excluding diaryl/α,β-unsaturated/α-hetero) is 1. The number of primary sulfonamides is 1. The van der Waals surface area contributed by atoms with Gasteiger partial charge in [0.15, 0.2) is 15.6 Å². The number of ether oxygens (including phenoxy) is 1. The third kappa shape index (κ3) is 8.69. The minimum atomic E-state index is -4.41. The summed E-state index contributed by atoms with van der Waals surface area (Å²) >= 11 is 0. The SMILES string of the molecule is CC(C)C#Cc1ccc(C(=O)CS(=O)(=O)c2ccccc2S(N)(=O)=O)cc1OCCCC(F)(F)F. The predicted molar refractivity (Wildman–Crippen MR) is 123 cm³/mol. The second kappa shape index (κ2) is 11.2. The molecule has 0 saturated heterocycles. The fourth-order valence-electron chi connectivity index (χ4n) is 2.87. The molecule has 0 bridgehead atoms. The van der Waals surface area contributed by atoms with Gasteiger partial charge in [-0.15, -0.1) is 0 Å². The van der Waals surface area contributed by atoms with Crippen LogP contribution in [0.15, 0.2) is 52.3 Å². The fourth-order valence-corrected chi connectivity index (χ4v) is 5.54. The molecule has 0 aliphatic heterocycles. The molecule has 0 unspecified atom stereocenters. The van der Waals surface area contributed by atoms with Crippen LogP contribution in [0.2, 0.25) is 0 Å². The molecule has 0 saturated carbocycles. The first-order valence-electron chi connectivity index (χ1n) is 10.3. The summed E-state index contributed by atoms with van der Waals surface area (Å²) in [5.41, 5.74) is 0.229. The van der Waals surface area contributed by atoms with Gasteiger partial charge >= 0.3 is 6.18 Å². The van der Waals surface area contributed by atoms with Gasteiger partial charge in [-0.1, -0.05) is 37.8 Å². The van der Waals surface area contributed by atoms with Crippen LogP contribution in [0.5, 0.6) is 5.75 Å². The van der Waals surface area contributed by atoms with E-state index in [9.17, 15) is 34.8 Å². The van der Waals surface area contributed by atoms with E-state index >= 15 is 0 Å². The Morgan fingerprint density at radius 3 is 2.26 bits per heavy atom. The summed E-state index contributed by atoms with van der Waals surface area (Å²) < 4.78 is 91.8. The van der Waals surface area contributed by atoms with Crippen molar-refractivity contribution in [2.24, 2.45) is 11.1 Å². The largest absolute Gasteiger partial charge is 0.492 e. The second-order valence-corrected chi connectivity index (χ2v) is 11.4. The van der Waals surface area contributed by atoms with Crippen LogP contribution in [0.3, 0.4) is 0 Å². The number of benzene rings is 2. The highest BCUT2D eigenvalue weighted by molar-refractivity contribution is 7.94. The van der Waals surface area contributed by atoms with Gasteiger partial charge in [-0.05, 0) is 36.8 Å². The van der Waals surface area contributed by atoms with Gasteiger partial charge in [0.05, 0.1) is 17.1 Å². The summed E-state index contributed by atoms with van der Waals surface area (Å²) in [6, 6.07) is 8.56. The number of carbonyl (C=O) groups excluding carboxylic acids is 1. The number of hydrogen-bond donors (Lipinski definition) is 1. The maximum absolute atomic E-state index is 12.8. The molecule has 2 N–H and O–H groups in total. The fraction of sp³-hybridized carbons (Fsp3) is 0.348. The quantitative estimate of drug-likeness (QED) is 0.299. The summed E-state index contributed by atoms with van der Waals surface area (Å²) in [4.78, 5) is 11.5. The van der Waals surface area contributed by atoms with Crippen molar-refractivity contribution in [3.63, 3.8) is 0 Å². The van der Waals surface area contributed by atoms with Gasteiger partial charge < -0.3 is 4.74 Å². The lowest BCUT2D eigenvalue weighted by Crippen LogP contribution is -2.21. The van der Waals surface area contributed by atoms with Crippen LogP contribution in [0.25, 0.3) is 0 Å². The van der Waals surface area contributed by atoms with E-state index in [1.165, 1.54) is 30.3 Å². The van der Waals surface area contributed by atoms with Crippen LogP contribution in [-0.4, -0.2) is 41.2 Å². The molecule has 0 aliphatic carbocycles. The standard InChI is InChI=1S/C23H24F3NO6S2/c1-16(2)8-9-17-10-11-18(14-20(17)33-13-5-12-23(24,25)26)19(28)15-34(29,30)21-6-3-4-7-22(21)35(27,31)32/h3-4,6-7,10-11,14,16H,5,12-13,15H2,1-2H3,(H2,27,31,32). The minimum Gasteiger partial charge on any atom is -0.492 e. The molecule has 12 heteroatoms. The molecule has 0 spiro atoms. The lowest BCUT2D eigenvalue weighted by molar-refractivity contribution is -0.136. The van der Waals surface area contributed by atoms with Crippen molar-refractivity contribution in [1.82, 2.24) is 0 Å². The van der Waals surface area contributed by atoms with E-state index in [0.717, 1.165) is 12.1 Å². The Hall–Kier alpha value is -2.88. The zero-order valence-corrected chi connectivity index (χ0v) is 20.6. The monoisotopic (exact) mass is 531 g/mol. The first kappa shape index (κ1) is 28.4. The van der Waals surface area contributed by atoms with Crippen LogP contribution in [0, 0.1) is 17.8 Å². The predicted octanol–water partition coefficient (Wildman–Crippen LogP) is 3.72. The van der Waals surface area contributed by atoms with Gasteiger partial charge in [0.25, 0.3) is 0 Å². The molecular weight excluding hydrogens is 507 g/mol. The summed E-state index contributed by atoms with van der Waals surface area (Å²) in [5, 5.41) is 5.09. The Labute approximate surface area is 202 Å². The summed E-state index contributed by atoms with van der Waals surface area (Å²) in [6.07, 6.45) is -5.72. The lowest BCUT2D eigenvalue weighted by atomic mass is 10.1. The molecule has 2 rings (SSSR count). The number of rotatable bonds is 9. The van der Waals surface area contributed by atoms with Crippen LogP contribution in [0.1, 0.15) is 42.6 Å². The van der Waals surface area contributed by atoms with Crippen molar-refractivity contribution >= 4 is 25.6 Å². The van der Waals surface area contributed by atoms with Gasteiger partial charge in [-0.3, -0.25) is 4.79 Å². The molecular formula is C23H24F3NO6S2. The highest BCUT2D eigenvalue weighted by Crippen LogP contribution is 2.25. The van der Waals surface area contributed by atoms with E-state index in [-0.39, 0.29) is 30.3 Å². The Bertz CT molecular complexity index is 1360. The number of nitrogens with two attached hydrogens (primary N) is 1. The average Bonchev–Trinajstić information content (AvgIpc) is 2.74. The average molecular weight is 532 g/mol. The Morgan fingerprint density at radius 1 is 1.06 bits per heavy atom. The molecule has 0 amide bonds. The van der Waals surface area contributed by atoms with Gasteiger partial charge in [0.1, 0.15) is 16.4 Å². The zero-order chi connectivity index (χ0) is 26.4. The Kier molecular flexibility index (Phi) is 9.11. The summed E-state index contributed by atoms with van der Waals surface area (Å²) in [6.45, 7) is 3.37. The van der Waals surface area contributed by atoms with Crippen molar-refractivity contribution in [2.75, 3.05) is 12.4 Å². The van der Waals surface area contributed by atoms with Crippen LogP contribution in [0.4, 0.5) is 13.2 Å². The molecule has 0 aliphatic rings. The van der Waals surface area contributed by atoms with Gasteiger partial charge in [-0.25, -0.2) is 22.0 Å². The number of alkyl halides is 3. The van der Waals surface area contributed by atoms with Gasteiger partial charge in [0.2, 0.25) is 10.0 Å². The number of carbonyl (C=O) groups is 1. The number of halogens is 3. The van der Waals surface area contributed by atoms with Crippen molar-refractivity contribution in [2.45, 2.75) is 42.7 Å². The molecule has 0 heterocycles. The molecule has 0 fully saturated rings. The van der Waals surface area contributed by atoms with Gasteiger partial charge in [-0.2, -0.15) is 13.2 Å². The van der Waals surface area contributed by atoms with E-state index < -0.39 is 53.8 Å². The Morgan fingerprint density at radius 2 is 1.69 bits per heavy atom. The molecule has 7 nitrogen and oxygen atoms in total. The van der Waals surface area contributed by atoms with Crippen molar-refractivity contribution in [3.05, 3.63) is 53.6 Å². The van der Waals surface area contributed by atoms with E-state index in [1.807, 2.05) is 13.8 Å². The third-order valence-electron chi connectivity index (χ3n) is 4.47. The zero-order valence-electron chi connectivity index (χ0n) is 18.9. The summed E-state index contributed by atoms with van der Waals surface area (Å²) in [5.74, 6) is 3.79. The van der Waals surface area contributed by atoms with Crippen LogP contribution in [-0.2, 0) is 19.9 Å². The molecule has 2 aromatic carbocycles. The highest BCUT2D eigenvalue weighted by Gasteiger charge is 2.28. The van der Waals surface area contributed by atoms with E-state index in [2.05, 4.69) is 11.8 Å². The van der Waals surface area contributed by atoms with Crippen molar-refractivity contribution in [1.29, 1.82) is 0 Å². The number of ketones is 1. The van der Waals surface area contributed by atoms with Crippen molar-refractivity contribution < 1.29 is 39.5 Å². The van der Waals surface area contributed by atoms with Crippen molar-refractivity contribution in [3.8, 4) is 17.6 Å². The van der Waals surface area contributed by atoms with Crippen LogP contribution >= 0.6 is 0 Å². The Balaban J connectivity index is 2.34. The molecule has 35 heavy (non-hydrogen) atoms. The minimum absolute atomic E-state index is 0.0153. The summed E-state index contributed by atoms with van der Waals surface area (Å²) in [7, 11) is -8.78. The highest BCUT2D eigenvalue weighted by atomic mass is 32.2. The molecule has 0 radical (unpaired) electrons. The second-order valence-electron chi connectivity index (χ2n) is 7.88. The van der Waals surface area contributed by atoms with Crippen LogP contribution < -0.4 is 9.88 Å². The lowest BCUT2D eigenvalue weighted by Gasteiger charge is -2.12. The van der Waals surface area contributed by atoms with E-state index in [0.29, 0.717) is 5.56 Å². The normalized spacial score (nSPS) is 12.2. The first-order valence-corrected chi connectivity index (χ1v) is 13.5.